The fraction of sp³-hybridized carbons (Fsp3) is 0.462. The lowest BCUT2D eigenvalue weighted by molar-refractivity contribution is 0.0892. The van der Waals surface area contributed by atoms with Crippen LogP contribution < -0.4 is 10.5 Å². The van der Waals surface area contributed by atoms with Gasteiger partial charge < -0.3 is 10.5 Å². The largest absolute Gasteiger partial charge is 0.497 e. The molecule has 0 fully saturated rings. The van der Waals surface area contributed by atoms with Crippen molar-refractivity contribution < 1.29 is 9.53 Å². The van der Waals surface area contributed by atoms with Crippen LogP contribution in [-0.2, 0) is 0 Å². The molecule has 1 aromatic rings. The summed E-state index contributed by atoms with van der Waals surface area (Å²) in [5.41, 5.74) is 6.30. The lowest BCUT2D eigenvalue weighted by atomic mass is 9.88. The second-order valence-electron chi connectivity index (χ2n) is 4.18. The minimum Gasteiger partial charge on any atom is -0.497 e. The summed E-state index contributed by atoms with van der Waals surface area (Å²) in [5, 5.41) is 0. The molecule has 1 rings (SSSR count). The van der Waals surface area contributed by atoms with Gasteiger partial charge >= 0.3 is 0 Å². The molecule has 0 saturated carbocycles. The molecule has 1 aromatic carbocycles. The first-order valence-electron chi connectivity index (χ1n) is 5.48. The van der Waals surface area contributed by atoms with Gasteiger partial charge in [-0.2, -0.15) is 0 Å². The molecule has 0 heterocycles. The van der Waals surface area contributed by atoms with Crippen LogP contribution in [0, 0.1) is 11.8 Å². The van der Waals surface area contributed by atoms with Gasteiger partial charge in [-0.15, -0.1) is 0 Å². The average molecular weight is 221 g/mol. The normalized spacial score (nSPS) is 12.6. The molecule has 3 heteroatoms. The van der Waals surface area contributed by atoms with Crippen LogP contribution in [0.4, 0.5) is 0 Å². The van der Waals surface area contributed by atoms with E-state index in [0.29, 0.717) is 17.9 Å². The zero-order valence-electron chi connectivity index (χ0n) is 10.1. The highest BCUT2D eigenvalue weighted by Crippen LogP contribution is 2.19. The maximum absolute atomic E-state index is 12.1. The number of methoxy groups -OCH3 is 1. The number of nitrogens with two attached hydrogens (primary N) is 1. The lowest BCUT2D eigenvalue weighted by Gasteiger charge is -2.17. The maximum Gasteiger partial charge on any atom is 0.167 e. The van der Waals surface area contributed by atoms with Gasteiger partial charge in [-0.3, -0.25) is 4.79 Å². The van der Waals surface area contributed by atoms with Gasteiger partial charge in [-0.05, 0) is 18.1 Å². The van der Waals surface area contributed by atoms with E-state index in [1.807, 2.05) is 26.0 Å². The lowest BCUT2D eigenvalue weighted by Crippen LogP contribution is -2.28. The van der Waals surface area contributed by atoms with Crippen molar-refractivity contribution in [1.82, 2.24) is 0 Å². The molecule has 0 spiro atoms. The van der Waals surface area contributed by atoms with Gasteiger partial charge in [0.2, 0.25) is 0 Å². The van der Waals surface area contributed by atoms with Gasteiger partial charge in [0.1, 0.15) is 5.75 Å². The minimum atomic E-state index is -0.118. The van der Waals surface area contributed by atoms with Crippen LogP contribution in [0.5, 0.6) is 5.75 Å². The number of ether oxygens (including phenoxy) is 1. The van der Waals surface area contributed by atoms with Gasteiger partial charge in [-0.25, -0.2) is 0 Å². The summed E-state index contributed by atoms with van der Waals surface area (Å²) in [6.07, 6.45) is 0. The van der Waals surface area contributed by atoms with E-state index < -0.39 is 0 Å². The van der Waals surface area contributed by atoms with Crippen molar-refractivity contribution in [2.45, 2.75) is 13.8 Å². The molecule has 0 aliphatic carbocycles. The van der Waals surface area contributed by atoms with Crippen LogP contribution in [-0.4, -0.2) is 19.4 Å². The molecule has 0 aromatic heterocycles. The first-order valence-corrected chi connectivity index (χ1v) is 5.48. The Hall–Kier alpha value is -1.35. The van der Waals surface area contributed by atoms with Crippen molar-refractivity contribution in [2.75, 3.05) is 13.7 Å². The summed E-state index contributed by atoms with van der Waals surface area (Å²) in [7, 11) is 1.59. The first-order chi connectivity index (χ1) is 7.60. The Morgan fingerprint density at radius 3 is 2.62 bits per heavy atom. The van der Waals surface area contributed by atoms with Crippen LogP contribution in [0.15, 0.2) is 24.3 Å². The molecule has 0 saturated heterocycles. The Bertz CT molecular complexity index is 361. The van der Waals surface area contributed by atoms with E-state index >= 15 is 0 Å². The SMILES string of the molecule is COc1cccc(C(=O)C(CN)C(C)C)c1. The van der Waals surface area contributed by atoms with Crippen molar-refractivity contribution in [3.63, 3.8) is 0 Å². The van der Waals surface area contributed by atoms with Gasteiger partial charge in [0.05, 0.1) is 7.11 Å². The van der Waals surface area contributed by atoms with E-state index in [-0.39, 0.29) is 17.6 Å². The van der Waals surface area contributed by atoms with E-state index in [1.165, 1.54) is 0 Å². The Balaban J connectivity index is 2.94. The van der Waals surface area contributed by atoms with Gasteiger partial charge in [-0.1, -0.05) is 26.0 Å². The predicted molar refractivity (Wildman–Crippen MR) is 64.7 cm³/mol. The Kier molecular flexibility index (Phi) is 4.50. The van der Waals surface area contributed by atoms with Crippen molar-refractivity contribution in [1.29, 1.82) is 0 Å². The third kappa shape index (κ3) is 2.83. The van der Waals surface area contributed by atoms with Crippen LogP contribution in [0.2, 0.25) is 0 Å². The third-order valence-electron chi connectivity index (χ3n) is 2.75. The Morgan fingerprint density at radius 1 is 1.44 bits per heavy atom. The molecular formula is C13H19NO2. The van der Waals surface area contributed by atoms with E-state index in [1.54, 1.807) is 19.2 Å². The average Bonchev–Trinajstić information content (AvgIpc) is 2.29. The fourth-order valence-electron chi connectivity index (χ4n) is 1.67. The molecule has 2 N–H and O–H groups in total. The Labute approximate surface area is 96.6 Å². The molecular weight excluding hydrogens is 202 g/mol. The molecule has 88 valence electrons. The molecule has 0 aliphatic rings. The second kappa shape index (κ2) is 5.66. The predicted octanol–water partition coefficient (Wildman–Crippen LogP) is 2.11. The van der Waals surface area contributed by atoms with E-state index in [4.69, 9.17) is 10.5 Å². The molecule has 0 amide bonds. The highest BCUT2D eigenvalue weighted by Gasteiger charge is 2.21. The minimum absolute atomic E-state index is 0.0939. The van der Waals surface area contributed by atoms with Crippen molar-refractivity contribution in [3.8, 4) is 5.75 Å². The smallest absolute Gasteiger partial charge is 0.167 e. The second-order valence-corrected chi connectivity index (χ2v) is 4.18. The zero-order chi connectivity index (χ0) is 12.1. The molecule has 16 heavy (non-hydrogen) atoms. The number of rotatable bonds is 5. The first kappa shape index (κ1) is 12.7. The fourth-order valence-corrected chi connectivity index (χ4v) is 1.67. The van der Waals surface area contributed by atoms with E-state index in [2.05, 4.69) is 0 Å². The molecule has 3 nitrogen and oxygen atoms in total. The summed E-state index contributed by atoms with van der Waals surface area (Å²) >= 11 is 0. The summed E-state index contributed by atoms with van der Waals surface area (Å²) in [4.78, 5) is 12.1. The molecule has 0 aliphatic heterocycles. The zero-order valence-corrected chi connectivity index (χ0v) is 10.1. The van der Waals surface area contributed by atoms with Gasteiger partial charge in [0.25, 0.3) is 0 Å². The topological polar surface area (TPSA) is 52.3 Å². The molecule has 0 bridgehead atoms. The van der Waals surface area contributed by atoms with Gasteiger partial charge in [0.15, 0.2) is 5.78 Å². The molecule has 1 atom stereocenters. The number of carbonyl (C=O) groups excluding carboxylic acids is 1. The summed E-state index contributed by atoms with van der Waals surface area (Å²) in [6.45, 7) is 4.40. The van der Waals surface area contributed by atoms with E-state index in [9.17, 15) is 4.79 Å². The van der Waals surface area contributed by atoms with Crippen LogP contribution in [0.1, 0.15) is 24.2 Å². The standard InChI is InChI=1S/C13H19NO2/c1-9(2)12(8-14)13(15)10-5-4-6-11(7-10)16-3/h4-7,9,12H,8,14H2,1-3H3. The quantitative estimate of drug-likeness (QED) is 0.775. The summed E-state index contributed by atoms with van der Waals surface area (Å²) in [5.74, 6) is 0.928. The molecule has 0 radical (unpaired) electrons. The maximum atomic E-state index is 12.1. The molecule has 1 unspecified atom stereocenters. The third-order valence-corrected chi connectivity index (χ3v) is 2.75. The number of carbonyl (C=O) groups is 1. The number of ketones is 1. The number of hydrogen-bond donors (Lipinski definition) is 1. The number of benzene rings is 1. The van der Waals surface area contributed by atoms with Crippen molar-refractivity contribution >= 4 is 5.78 Å². The highest BCUT2D eigenvalue weighted by molar-refractivity contribution is 5.98. The van der Waals surface area contributed by atoms with Crippen LogP contribution in [0.25, 0.3) is 0 Å². The number of Topliss-reactive ketones (excluding diaryl/α,β-unsaturated/α-hetero) is 1. The van der Waals surface area contributed by atoms with E-state index in [0.717, 1.165) is 0 Å². The number of hydrogen-bond acceptors (Lipinski definition) is 3. The highest BCUT2D eigenvalue weighted by atomic mass is 16.5. The van der Waals surface area contributed by atoms with Gasteiger partial charge in [0, 0.05) is 18.0 Å². The van der Waals surface area contributed by atoms with Crippen LogP contribution >= 0.6 is 0 Å². The Morgan fingerprint density at radius 2 is 2.12 bits per heavy atom. The summed E-state index contributed by atoms with van der Waals surface area (Å²) in [6, 6.07) is 7.20. The van der Waals surface area contributed by atoms with Crippen LogP contribution in [0.3, 0.4) is 0 Å². The van der Waals surface area contributed by atoms with Crippen molar-refractivity contribution in [2.24, 2.45) is 17.6 Å². The monoisotopic (exact) mass is 221 g/mol. The summed E-state index contributed by atoms with van der Waals surface area (Å²) < 4.78 is 5.10. The van der Waals surface area contributed by atoms with Crippen molar-refractivity contribution in [3.05, 3.63) is 29.8 Å².